The predicted molar refractivity (Wildman–Crippen MR) is 177 cm³/mol. The topological polar surface area (TPSA) is 55.4 Å². The molecule has 0 N–H and O–H groups in total. The highest BCUT2D eigenvalue weighted by molar-refractivity contribution is 6.91. The Morgan fingerprint density at radius 2 is 0.444 bits per heavy atom. The molecule has 0 saturated carbocycles. The van der Waals surface area contributed by atoms with E-state index in [2.05, 4.69) is 130 Å². The van der Waals surface area contributed by atoms with Crippen LogP contribution in [-0.2, 0) is 24.7 Å². The molecule has 0 heterocycles. The second-order valence-electron chi connectivity index (χ2n) is 15.5. The van der Waals surface area contributed by atoms with Gasteiger partial charge in [-0.2, -0.15) is 0 Å². The first kappa shape index (κ1) is 37.2. The molecular weight excluding hydrogens is 585 g/mol. The smallest absolute Gasteiger partial charge is 0.417 e. The molecule has 0 aromatic heterocycles. The average Bonchev–Trinajstić information content (AvgIpc) is 2.40. The van der Waals surface area contributed by atoms with Gasteiger partial charge in [-0.05, 0) is 118 Å². The van der Waals surface area contributed by atoms with Gasteiger partial charge in [0, 0.05) is 12.1 Å². The van der Waals surface area contributed by atoms with Gasteiger partial charge in [0.2, 0.25) is 0 Å². The Bertz CT molecular complexity index is 565. The van der Waals surface area contributed by atoms with E-state index in [1.165, 1.54) is 0 Å². The highest BCUT2D eigenvalue weighted by atomic mass is 28.5. The zero-order chi connectivity index (χ0) is 29.1. The van der Waals surface area contributed by atoms with Gasteiger partial charge in [-0.3, -0.25) is 0 Å². The molecule has 0 rings (SSSR count). The van der Waals surface area contributed by atoms with Crippen LogP contribution in [0.5, 0.6) is 0 Å². The van der Waals surface area contributed by atoms with Crippen LogP contribution in [-0.4, -0.2) is 67.5 Å². The molecular formula is C22H60O6Si8. The van der Waals surface area contributed by atoms with Crippen LogP contribution in [0.2, 0.25) is 130 Å². The number of allylic oxidation sites excluding steroid dienone is 2. The van der Waals surface area contributed by atoms with Crippen LogP contribution in [0, 0.1) is 0 Å². The fourth-order valence-corrected chi connectivity index (χ4v) is 32.2. The first-order valence-electron chi connectivity index (χ1n) is 13.3. The molecule has 216 valence electrons. The fourth-order valence-electron chi connectivity index (χ4n) is 3.63. The van der Waals surface area contributed by atoms with Gasteiger partial charge in [0.05, 0.1) is 0 Å². The molecule has 0 saturated heterocycles. The molecule has 0 bridgehead atoms. The lowest BCUT2D eigenvalue weighted by atomic mass is 10.6. The average molecular weight is 645 g/mol. The highest BCUT2D eigenvalue weighted by Crippen LogP contribution is 2.32. The van der Waals surface area contributed by atoms with Crippen LogP contribution in [0.4, 0.5) is 0 Å². The molecule has 0 aliphatic rings. The van der Waals surface area contributed by atoms with Gasteiger partial charge in [0.15, 0.2) is 49.9 Å². The summed E-state index contributed by atoms with van der Waals surface area (Å²) in [5.74, 6) is 0. The minimum absolute atomic E-state index is 0.670. The normalized spacial score (nSPS) is 15.7. The summed E-state index contributed by atoms with van der Waals surface area (Å²) in [5.41, 5.74) is 0. The Hall–Kier alpha value is 1.24. The summed E-state index contributed by atoms with van der Waals surface area (Å²) in [6.45, 7) is 40.1. The molecule has 0 fully saturated rings. The minimum Gasteiger partial charge on any atom is -0.417 e. The highest BCUT2D eigenvalue weighted by Gasteiger charge is 2.51. The lowest BCUT2D eigenvalue weighted by Gasteiger charge is -2.43. The fraction of sp³-hybridized carbons (Fsp3) is 0.909. The van der Waals surface area contributed by atoms with Gasteiger partial charge in [-0.15, -0.1) is 0 Å². The van der Waals surface area contributed by atoms with E-state index < -0.39 is 67.5 Å². The van der Waals surface area contributed by atoms with E-state index in [-0.39, 0.29) is 0 Å². The molecule has 36 heavy (non-hydrogen) atoms. The molecule has 0 aliphatic heterocycles. The number of rotatable bonds is 16. The SMILES string of the molecule is C[Si](C)(C)O[Si](CC=CC[Si](O[Si](C)(C)C)(O[Si](C)(C)C)O[Si](C)(C)C)(O[Si](C)(C)C)O[Si](C)(C)C. The van der Waals surface area contributed by atoms with Crippen LogP contribution >= 0.6 is 0 Å². The zero-order valence-electron chi connectivity index (χ0n) is 27.0. The van der Waals surface area contributed by atoms with Crippen molar-refractivity contribution in [3.8, 4) is 0 Å². The maximum Gasteiger partial charge on any atom is 0.473 e. The quantitative estimate of drug-likeness (QED) is 0.124. The summed E-state index contributed by atoms with van der Waals surface area (Å²) in [5, 5.41) is 0. The summed E-state index contributed by atoms with van der Waals surface area (Å²) in [4.78, 5) is 0. The van der Waals surface area contributed by atoms with Crippen molar-refractivity contribution in [1.82, 2.24) is 0 Å². The first-order chi connectivity index (χ1) is 15.4. The van der Waals surface area contributed by atoms with Crippen molar-refractivity contribution >= 4 is 67.5 Å². The second kappa shape index (κ2) is 12.8. The van der Waals surface area contributed by atoms with E-state index >= 15 is 0 Å². The summed E-state index contributed by atoms with van der Waals surface area (Å²) in [7, 11) is -17.3. The predicted octanol–water partition coefficient (Wildman–Crippen LogP) is 8.53. The van der Waals surface area contributed by atoms with Gasteiger partial charge in [-0.1, -0.05) is 12.2 Å². The monoisotopic (exact) mass is 644 g/mol. The van der Waals surface area contributed by atoms with Crippen molar-refractivity contribution in [2.24, 2.45) is 0 Å². The van der Waals surface area contributed by atoms with E-state index in [9.17, 15) is 0 Å². The van der Waals surface area contributed by atoms with Crippen molar-refractivity contribution in [3.63, 3.8) is 0 Å². The molecule has 14 heteroatoms. The summed E-state index contributed by atoms with van der Waals surface area (Å²) < 4.78 is 41.0. The Kier molecular flexibility index (Phi) is 13.3. The first-order valence-corrected chi connectivity index (χ1v) is 37.6. The van der Waals surface area contributed by atoms with Crippen molar-refractivity contribution in [2.75, 3.05) is 0 Å². The summed E-state index contributed by atoms with van der Waals surface area (Å²) >= 11 is 0. The van der Waals surface area contributed by atoms with Gasteiger partial charge < -0.3 is 24.7 Å². The lowest BCUT2D eigenvalue weighted by Crippen LogP contribution is -2.60. The van der Waals surface area contributed by atoms with Crippen molar-refractivity contribution < 1.29 is 24.7 Å². The van der Waals surface area contributed by atoms with Gasteiger partial charge >= 0.3 is 17.6 Å². The molecule has 0 aliphatic carbocycles. The molecule has 0 radical (unpaired) electrons. The van der Waals surface area contributed by atoms with E-state index in [0.29, 0.717) is 12.1 Å². The maximum absolute atomic E-state index is 6.84. The summed E-state index contributed by atoms with van der Waals surface area (Å²) in [6.07, 6.45) is 4.42. The third-order valence-electron chi connectivity index (χ3n) is 3.67. The van der Waals surface area contributed by atoms with Gasteiger partial charge in [0.25, 0.3) is 0 Å². The molecule has 0 spiro atoms. The van der Waals surface area contributed by atoms with Gasteiger partial charge in [-0.25, -0.2) is 0 Å². The van der Waals surface area contributed by atoms with Crippen LogP contribution in [0.1, 0.15) is 0 Å². The van der Waals surface area contributed by atoms with E-state index in [0.717, 1.165) is 0 Å². The Balaban J connectivity index is 6.36. The molecule has 0 aromatic carbocycles. The Morgan fingerprint density at radius 3 is 0.556 bits per heavy atom. The third-order valence-corrected chi connectivity index (χ3v) is 27.3. The molecule has 6 nitrogen and oxygen atoms in total. The van der Waals surface area contributed by atoms with Crippen molar-refractivity contribution in [1.29, 1.82) is 0 Å². The molecule has 0 amide bonds. The van der Waals surface area contributed by atoms with Crippen molar-refractivity contribution in [2.45, 2.75) is 130 Å². The summed E-state index contributed by atoms with van der Waals surface area (Å²) in [6, 6.07) is 1.34. The van der Waals surface area contributed by atoms with E-state index in [1.54, 1.807) is 0 Å². The third kappa shape index (κ3) is 19.3. The van der Waals surface area contributed by atoms with E-state index in [1.807, 2.05) is 0 Å². The van der Waals surface area contributed by atoms with Crippen LogP contribution in [0.15, 0.2) is 12.2 Å². The Morgan fingerprint density at radius 1 is 0.306 bits per heavy atom. The molecule has 0 atom stereocenters. The number of hydrogen-bond acceptors (Lipinski definition) is 6. The minimum atomic E-state index is -2.92. The van der Waals surface area contributed by atoms with Crippen LogP contribution in [0.3, 0.4) is 0 Å². The molecule has 0 aromatic rings. The largest absolute Gasteiger partial charge is 0.473 e. The van der Waals surface area contributed by atoms with Crippen LogP contribution in [0.25, 0.3) is 0 Å². The van der Waals surface area contributed by atoms with Gasteiger partial charge in [0.1, 0.15) is 0 Å². The standard InChI is InChI=1S/C22H60O6Si8/c1-29(2,3)23-35(24-30(4,5)6,25-31(7,8)9)21-19-20-22-36(26-32(10,11)12,27-33(13,14)15)28-34(16,17)18/h19-20H,21-22H2,1-18H3. The number of hydrogen-bond donors (Lipinski definition) is 0. The van der Waals surface area contributed by atoms with Crippen molar-refractivity contribution in [3.05, 3.63) is 12.2 Å². The second-order valence-corrected chi connectivity index (χ2v) is 49.3. The lowest BCUT2D eigenvalue weighted by molar-refractivity contribution is 0.253. The van der Waals surface area contributed by atoms with Crippen LogP contribution < -0.4 is 0 Å². The van der Waals surface area contributed by atoms with E-state index in [4.69, 9.17) is 24.7 Å². The maximum atomic E-state index is 6.84. The molecule has 0 unspecified atom stereocenters. The Labute approximate surface area is 233 Å². The zero-order valence-corrected chi connectivity index (χ0v) is 35.0.